The second-order valence-corrected chi connectivity index (χ2v) is 2.80. The van der Waals surface area contributed by atoms with E-state index in [2.05, 4.69) is 5.18 Å². The van der Waals surface area contributed by atoms with Crippen LogP contribution >= 0.6 is 0 Å². The zero-order valence-electron chi connectivity index (χ0n) is 7.84. The molecule has 0 aromatic carbocycles. The molecule has 0 radical (unpaired) electrons. The van der Waals surface area contributed by atoms with E-state index in [0.29, 0.717) is 12.8 Å². The number of nitrogens with zero attached hydrogens (tertiary/aromatic N) is 1. The molecular weight excluding hydrogens is 155 g/mol. The van der Waals surface area contributed by atoms with Gasteiger partial charge in [-0.1, -0.05) is 6.42 Å². The molecule has 0 bridgehead atoms. The molecule has 0 amide bonds. The van der Waals surface area contributed by atoms with Gasteiger partial charge < -0.3 is 6.63 Å². The minimum atomic E-state index is -0.863. The molecule has 0 spiro atoms. The van der Waals surface area contributed by atoms with Gasteiger partial charge in [0.15, 0.2) is 5.66 Å². The van der Waals surface area contributed by atoms with Gasteiger partial charge in [-0.3, -0.25) is 0 Å². The van der Waals surface area contributed by atoms with Gasteiger partial charge in [0.1, 0.15) is 0 Å². The fraction of sp³-hybridized carbons (Fsp3) is 1.00. The number of hydrogen-bond donors (Lipinski definition) is 2. The van der Waals surface area contributed by atoms with E-state index in [9.17, 15) is 4.91 Å². The van der Waals surface area contributed by atoms with E-state index < -0.39 is 5.66 Å². The van der Waals surface area contributed by atoms with Crippen LogP contribution in [-0.2, 0) is 0 Å². The Bertz CT molecular complexity index is 131. The molecule has 0 aliphatic heterocycles. The van der Waals surface area contributed by atoms with Gasteiger partial charge in [-0.25, -0.2) is 0 Å². The molecule has 1 aliphatic rings. The SMILES string of the molecule is O=NC1(NO)CCCCC1.[H-].[Na+]. The zero-order chi connectivity index (χ0) is 7.45. The summed E-state index contributed by atoms with van der Waals surface area (Å²) < 4.78 is 0. The van der Waals surface area contributed by atoms with Crippen molar-refractivity contribution in [3.63, 3.8) is 0 Å². The number of hydroxylamine groups is 1. The minimum Gasteiger partial charge on any atom is -1.00 e. The topological polar surface area (TPSA) is 61.7 Å². The summed E-state index contributed by atoms with van der Waals surface area (Å²) in [4.78, 5) is 10.2. The molecule has 60 valence electrons. The molecule has 4 nitrogen and oxygen atoms in total. The van der Waals surface area contributed by atoms with E-state index in [1.807, 2.05) is 5.48 Å². The van der Waals surface area contributed by atoms with Gasteiger partial charge in [-0.2, -0.15) is 5.48 Å². The van der Waals surface area contributed by atoms with Crippen molar-refractivity contribution < 1.29 is 36.2 Å². The third-order valence-electron chi connectivity index (χ3n) is 2.06. The molecule has 1 rings (SSSR count). The third kappa shape index (κ3) is 2.80. The van der Waals surface area contributed by atoms with Crippen molar-refractivity contribution >= 4 is 0 Å². The predicted octanol–water partition coefficient (Wildman–Crippen LogP) is -1.49. The summed E-state index contributed by atoms with van der Waals surface area (Å²) in [6.07, 6.45) is 4.40. The maximum Gasteiger partial charge on any atom is 1.00 e. The molecule has 0 atom stereocenters. The largest absolute Gasteiger partial charge is 1.00 e. The first-order valence-corrected chi connectivity index (χ1v) is 3.59. The Kier molecular flexibility index (Phi) is 5.46. The van der Waals surface area contributed by atoms with Gasteiger partial charge in [-0.05, 0) is 30.9 Å². The number of hydrogen-bond acceptors (Lipinski definition) is 4. The first-order valence-electron chi connectivity index (χ1n) is 3.59. The number of nitroso groups, excluding NO2 is 1. The van der Waals surface area contributed by atoms with Crippen molar-refractivity contribution in [2.45, 2.75) is 37.8 Å². The van der Waals surface area contributed by atoms with Crippen LogP contribution in [0.4, 0.5) is 0 Å². The van der Waals surface area contributed by atoms with Crippen LogP contribution in [0.3, 0.4) is 0 Å². The van der Waals surface area contributed by atoms with E-state index in [1.165, 1.54) is 0 Å². The maximum atomic E-state index is 10.2. The van der Waals surface area contributed by atoms with Crippen molar-refractivity contribution in [3.8, 4) is 0 Å². The van der Waals surface area contributed by atoms with E-state index in [1.54, 1.807) is 0 Å². The smallest absolute Gasteiger partial charge is 1.00 e. The Morgan fingerprint density at radius 3 is 2.18 bits per heavy atom. The number of rotatable bonds is 2. The van der Waals surface area contributed by atoms with E-state index in [4.69, 9.17) is 5.21 Å². The van der Waals surface area contributed by atoms with Crippen LogP contribution < -0.4 is 35.0 Å². The Labute approximate surface area is 89.4 Å². The second-order valence-electron chi connectivity index (χ2n) is 2.80. The van der Waals surface area contributed by atoms with Gasteiger partial charge >= 0.3 is 29.6 Å². The second kappa shape index (κ2) is 5.22. The van der Waals surface area contributed by atoms with E-state index in [-0.39, 0.29) is 31.0 Å². The van der Waals surface area contributed by atoms with Gasteiger partial charge in [0.05, 0.1) is 0 Å². The van der Waals surface area contributed by atoms with Gasteiger partial charge in [-0.15, -0.1) is 4.91 Å². The van der Waals surface area contributed by atoms with Crippen molar-refractivity contribution in [2.75, 3.05) is 0 Å². The molecule has 2 N–H and O–H groups in total. The van der Waals surface area contributed by atoms with Gasteiger partial charge in [0.25, 0.3) is 0 Å². The fourth-order valence-electron chi connectivity index (χ4n) is 1.36. The molecule has 0 heterocycles. The van der Waals surface area contributed by atoms with Crippen LogP contribution in [0, 0.1) is 4.91 Å². The first kappa shape index (κ1) is 11.5. The molecule has 1 saturated carbocycles. The summed E-state index contributed by atoms with van der Waals surface area (Å²) in [7, 11) is 0. The minimum absolute atomic E-state index is 0. The normalized spacial score (nSPS) is 21.9. The van der Waals surface area contributed by atoms with Crippen LogP contribution in [0.25, 0.3) is 0 Å². The Morgan fingerprint density at radius 2 is 1.91 bits per heavy atom. The Morgan fingerprint density at radius 1 is 1.36 bits per heavy atom. The fourth-order valence-corrected chi connectivity index (χ4v) is 1.36. The molecule has 0 saturated heterocycles. The summed E-state index contributed by atoms with van der Waals surface area (Å²) in [6.45, 7) is 0. The first-order chi connectivity index (χ1) is 4.83. The Balaban J connectivity index is 0. The molecule has 11 heavy (non-hydrogen) atoms. The monoisotopic (exact) mass is 168 g/mol. The van der Waals surface area contributed by atoms with Gasteiger partial charge in [0.2, 0.25) is 0 Å². The molecule has 0 aromatic heterocycles. The molecule has 1 aliphatic carbocycles. The van der Waals surface area contributed by atoms with Crippen molar-refractivity contribution in [2.24, 2.45) is 5.18 Å². The average Bonchev–Trinajstić information content (AvgIpc) is 2.06. The molecule has 5 heteroatoms. The van der Waals surface area contributed by atoms with Crippen molar-refractivity contribution in [1.82, 2.24) is 5.48 Å². The molecule has 0 aromatic rings. The summed E-state index contributed by atoms with van der Waals surface area (Å²) in [5.74, 6) is 0. The molecular formula is C6H13N2NaO2. The van der Waals surface area contributed by atoms with E-state index >= 15 is 0 Å². The molecule has 1 fully saturated rings. The predicted molar refractivity (Wildman–Crippen MR) is 37.6 cm³/mol. The average molecular weight is 168 g/mol. The Hall–Kier alpha value is 0.520. The van der Waals surface area contributed by atoms with Gasteiger partial charge in [0, 0.05) is 0 Å². The number of nitrogens with one attached hydrogen (secondary N) is 1. The summed E-state index contributed by atoms with van der Waals surface area (Å²) >= 11 is 0. The van der Waals surface area contributed by atoms with Crippen LogP contribution in [-0.4, -0.2) is 10.9 Å². The van der Waals surface area contributed by atoms with Crippen LogP contribution in [0.15, 0.2) is 5.18 Å². The van der Waals surface area contributed by atoms with Crippen LogP contribution in [0.1, 0.15) is 33.5 Å². The quantitative estimate of drug-likeness (QED) is 0.300. The summed E-state index contributed by atoms with van der Waals surface area (Å²) in [5.41, 5.74) is 1.13. The van der Waals surface area contributed by atoms with Crippen LogP contribution in [0.5, 0.6) is 0 Å². The summed E-state index contributed by atoms with van der Waals surface area (Å²) in [6, 6.07) is 0. The maximum absolute atomic E-state index is 10.2. The van der Waals surface area contributed by atoms with Crippen molar-refractivity contribution in [1.29, 1.82) is 0 Å². The third-order valence-corrected chi connectivity index (χ3v) is 2.06. The zero-order valence-corrected chi connectivity index (χ0v) is 8.84. The standard InChI is InChI=1S/C6H12N2O2.Na.H/c9-7-6(8-10)4-2-1-3-5-6;;/h7,9H,1-5H2;;/q;+1;-1. The summed E-state index contributed by atoms with van der Waals surface area (Å²) in [5, 5.41) is 11.5. The van der Waals surface area contributed by atoms with Crippen molar-refractivity contribution in [3.05, 3.63) is 4.91 Å². The molecule has 0 unspecified atom stereocenters. The van der Waals surface area contributed by atoms with E-state index in [0.717, 1.165) is 19.3 Å². The van der Waals surface area contributed by atoms with Crippen LogP contribution in [0.2, 0.25) is 0 Å².